The van der Waals surface area contributed by atoms with Crippen molar-refractivity contribution in [1.82, 2.24) is 57.4 Å². The van der Waals surface area contributed by atoms with E-state index < -0.39 is 7.14 Å². The number of hydrogen-bond acceptors (Lipinski definition) is 16. The van der Waals surface area contributed by atoms with E-state index in [1.54, 1.807) is 0 Å². The quantitative estimate of drug-likeness (QED) is 0.0744. The van der Waals surface area contributed by atoms with Crippen molar-refractivity contribution < 1.29 is 4.57 Å². The number of thiophene rings is 1. The summed E-state index contributed by atoms with van der Waals surface area (Å²) >= 11 is 4.32. The Morgan fingerprint density at radius 1 is 0.215 bits per heavy atom. The summed E-state index contributed by atoms with van der Waals surface area (Å²) in [5.74, 6) is 3.53. The molecule has 0 aliphatic rings. The molecule has 7 heterocycles. The Labute approximate surface area is 706 Å². The van der Waals surface area contributed by atoms with Crippen LogP contribution in [-0.4, -0.2) is 57.4 Å². The molecule has 16 aromatic carbocycles. The molecule has 17 heteroatoms. The Morgan fingerprint density at radius 3 is 1.02 bits per heavy atom. The molecule has 0 radical (unpaired) electrons. The van der Waals surface area contributed by atoms with E-state index in [1.165, 1.54) is 49.2 Å². The summed E-state index contributed by atoms with van der Waals surface area (Å²) in [6.07, 6.45) is 0. The zero-order valence-corrected chi connectivity index (χ0v) is 67.7. The van der Waals surface area contributed by atoms with Crippen molar-refractivity contribution in [3.8, 4) is 124 Å². The summed E-state index contributed by atoms with van der Waals surface area (Å²) in [7, 11) is -3.15. The SMILES string of the molecule is O=P(c1ccccc1)(c1ccccc1)c1ccc(-c2nc(-c3ccccc3)nc(-c3cccc(-c4ccc(-c5nc6ccccc6c6c5ccc5nsnc56)cc4)c3)n2)cc1.c1ccc(-c2nc(-c3ccc(-c4cccc5c4sc4ccccc45)cc3)nc(-c3cccc(-c4ccc(-c5nc6ccccc6c6c5ccc5nsnc56)cc4)c3)n2)cc1. The molecule has 0 atom stereocenters. The standard InChI is InChI=1S/C52H33N6OPS.C52H30N6S2/c59-60(40-17-6-2-7-18-40,41-19-8-3-9-20-41)42-29-27-37(28-30-42)51-54-50(36-13-4-1-5-14-36)55-52(56-51)39-16-12-15-38(33-39)34-23-25-35(26-24-34)48-44-31-32-46-49(58-61-57-46)47(44)43-21-10-11-22-45(43)53-48;1-2-10-34(11-3-1)50-54-51(35-26-22-32(23-27-35)38-16-9-17-40-39-14-5-7-19-45(39)59-49(38)40)56-52(55-50)37-13-8-12-36(30-37)31-20-24-33(25-21-31)47-42-28-29-44-48(58-60-57-44)46(42)41-15-4-6-18-43(41)53-47/h1-33H;1-30H. The van der Waals surface area contributed by atoms with E-state index in [0.29, 0.717) is 34.9 Å². The molecule has 121 heavy (non-hydrogen) atoms. The molecule has 23 rings (SSSR count). The zero-order chi connectivity index (χ0) is 80.3. The van der Waals surface area contributed by atoms with Gasteiger partial charge in [-0.25, -0.2) is 39.9 Å². The van der Waals surface area contributed by atoms with Gasteiger partial charge in [-0.15, -0.1) is 11.3 Å². The largest absolute Gasteiger partial charge is 0.309 e. The predicted molar refractivity (Wildman–Crippen MR) is 499 cm³/mol. The second-order valence-electron chi connectivity index (χ2n) is 29.5. The normalized spacial score (nSPS) is 11.7. The molecule has 13 nitrogen and oxygen atoms in total. The van der Waals surface area contributed by atoms with E-state index in [4.69, 9.17) is 39.9 Å². The summed E-state index contributed by atoms with van der Waals surface area (Å²) in [4.78, 5) is 40.5. The molecule has 0 aliphatic carbocycles. The predicted octanol–water partition coefficient (Wildman–Crippen LogP) is 25.5. The fraction of sp³-hybridized carbons (Fsp3) is 0. The smallest absolute Gasteiger partial charge is 0.171 e. The third-order valence-corrected chi connectivity index (χ3v) is 27.7. The van der Waals surface area contributed by atoms with Crippen molar-refractivity contribution in [3.63, 3.8) is 0 Å². The number of hydrogen-bond donors (Lipinski definition) is 0. The maximum absolute atomic E-state index is 15.1. The minimum atomic E-state index is -3.15. The average Bonchev–Trinajstić information content (AvgIpc) is 1.70. The fourth-order valence-corrected chi connectivity index (χ4v) is 21.3. The van der Waals surface area contributed by atoms with Gasteiger partial charge in [-0.2, -0.15) is 17.5 Å². The van der Waals surface area contributed by atoms with E-state index in [9.17, 15) is 0 Å². The first-order chi connectivity index (χ1) is 59.8. The molecule has 568 valence electrons. The topological polar surface area (TPSA) is 172 Å². The summed E-state index contributed by atoms with van der Waals surface area (Å²) in [6, 6.07) is 130. The Bertz CT molecular complexity index is 7940. The molecule has 0 saturated heterocycles. The van der Waals surface area contributed by atoms with Crippen LogP contribution in [0.1, 0.15) is 0 Å². The summed E-state index contributed by atoms with van der Waals surface area (Å²) in [6.45, 7) is 0. The second kappa shape index (κ2) is 30.8. The Morgan fingerprint density at radius 2 is 0.554 bits per heavy atom. The molecule has 0 saturated carbocycles. The van der Waals surface area contributed by atoms with Crippen LogP contribution >= 0.6 is 41.9 Å². The number of para-hydroxylation sites is 2. The molecule has 23 aromatic rings. The molecule has 0 amide bonds. The first-order valence-electron chi connectivity index (χ1n) is 39.6. The van der Waals surface area contributed by atoms with Crippen LogP contribution in [0.4, 0.5) is 0 Å². The fourth-order valence-electron chi connectivity index (χ4n) is 16.3. The van der Waals surface area contributed by atoms with Gasteiger partial charge in [-0.1, -0.05) is 328 Å². The average molecular weight is 1620 g/mol. The molecule has 7 aromatic heterocycles. The van der Waals surface area contributed by atoms with Crippen LogP contribution in [0.3, 0.4) is 0 Å². The number of rotatable bonds is 14. The Balaban J connectivity index is 0.000000145. The number of pyridine rings is 2. The van der Waals surface area contributed by atoms with Gasteiger partial charge in [0.15, 0.2) is 42.1 Å². The van der Waals surface area contributed by atoms with Crippen LogP contribution in [0.5, 0.6) is 0 Å². The van der Waals surface area contributed by atoms with E-state index in [2.05, 4.69) is 212 Å². The molecular formula is C104H63N12OPS3. The lowest BCUT2D eigenvalue weighted by Crippen LogP contribution is -2.24. The van der Waals surface area contributed by atoms with Crippen LogP contribution in [0.2, 0.25) is 0 Å². The highest BCUT2D eigenvalue weighted by Gasteiger charge is 2.30. The maximum Gasteiger partial charge on any atom is 0.171 e. The van der Waals surface area contributed by atoms with Gasteiger partial charge < -0.3 is 4.57 Å². The summed E-state index contributed by atoms with van der Waals surface area (Å²) in [5, 5.41) is 11.3. The number of aromatic nitrogens is 12. The highest BCUT2D eigenvalue weighted by atomic mass is 32.1. The maximum atomic E-state index is 15.1. The van der Waals surface area contributed by atoms with Gasteiger partial charge in [-0.3, -0.25) is 0 Å². The van der Waals surface area contributed by atoms with Crippen LogP contribution in [-0.2, 0) is 4.57 Å². The van der Waals surface area contributed by atoms with E-state index in [-0.39, 0.29) is 0 Å². The molecule has 0 spiro atoms. The molecular weight excluding hydrogens is 1560 g/mol. The van der Waals surface area contributed by atoms with Gasteiger partial charge in [0.1, 0.15) is 22.1 Å². The third-order valence-electron chi connectivity index (χ3n) is 22.3. The molecule has 0 aliphatic heterocycles. The van der Waals surface area contributed by atoms with Crippen LogP contribution in [0.15, 0.2) is 382 Å². The zero-order valence-electron chi connectivity index (χ0n) is 64.3. The minimum Gasteiger partial charge on any atom is -0.309 e. The van der Waals surface area contributed by atoms with Crippen molar-refractivity contribution in [1.29, 1.82) is 0 Å². The molecule has 0 N–H and O–H groups in total. The van der Waals surface area contributed by atoms with Crippen molar-refractivity contribution >= 4 is 143 Å². The third kappa shape index (κ3) is 13.4. The highest BCUT2D eigenvalue weighted by molar-refractivity contribution is 7.85. The van der Waals surface area contributed by atoms with E-state index in [0.717, 1.165) is 165 Å². The molecule has 0 fully saturated rings. The van der Waals surface area contributed by atoms with Gasteiger partial charge in [-0.05, 0) is 88.0 Å². The van der Waals surface area contributed by atoms with Gasteiger partial charge in [0, 0.05) is 113 Å². The Kier molecular flexibility index (Phi) is 18.4. The van der Waals surface area contributed by atoms with Crippen LogP contribution in [0.25, 0.3) is 210 Å². The second-order valence-corrected chi connectivity index (χ2v) is 34.4. The minimum absolute atomic E-state index is 0.528. The van der Waals surface area contributed by atoms with E-state index in [1.807, 2.05) is 199 Å². The van der Waals surface area contributed by atoms with Gasteiger partial charge in [0.05, 0.1) is 45.9 Å². The van der Waals surface area contributed by atoms with Gasteiger partial charge in [0.2, 0.25) is 0 Å². The molecule has 0 unspecified atom stereocenters. The number of benzene rings is 16. The van der Waals surface area contributed by atoms with Gasteiger partial charge >= 0.3 is 0 Å². The van der Waals surface area contributed by atoms with Crippen molar-refractivity contribution in [2.24, 2.45) is 0 Å². The van der Waals surface area contributed by atoms with Crippen LogP contribution < -0.4 is 15.9 Å². The monoisotopic (exact) mass is 1620 g/mol. The van der Waals surface area contributed by atoms with Crippen molar-refractivity contribution in [2.75, 3.05) is 0 Å². The summed E-state index contributed by atoms with van der Waals surface area (Å²) in [5.41, 5.74) is 21.3. The lowest BCUT2D eigenvalue weighted by molar-refractivity contribution is 0.592. The van der Waals surface area contributed by atoms with Gasteiger partial charge in [0.25, 0.3) is 0 Å². The number of nitrogens with zero attached hydrogens (tertiary/aromatic N) is 12. The first kappa shape index (κ1) is 72.4. The lowest BCUT2D eigenvalue weighted by Gasteiger charge is -2.20. The summed E-state index contributed by atoms with van der Waals surface area (Å²) < 4.78 is 36.0. The van der Waals surface area contributed by atoms with E-state index >= 15 is 4.57 Å². The van der Waals surface area contributed by atoms with Crippen molar-refractivity contribution in [3.05, 3.63) is 382 Å². The molecule has 0 bridgehead atoms. The highest BCUT2D eigenvalue weighted by Crippen LogP contribution is 2.46. The van der Waals surface area contributed by atoms with Crippen LogP contribution in [0, 0.1) is 0 Å². The lowest BCUT2D eigenvalue weighted by atomic mass is 9.97. The number of fused-ring (bicyclic) bond motifs is 13. The van der Waals surface area contributed by atoms with Crippen molar-refractivity contribution in [2.45, 2.75) is 0 Å². The Hall–Kier alpha value is -15.0. The first-order valence-corrected chi connectivity index (χ1v) is 43.6.